The molecule has 1 aromatic carbocycles. The number of carbonyl (C=O) groups excluding carboxylic acids is 1. The molecule has 0 saturated carbocycles. The average Bonchev–Trinajstić information content (AvgIpc) is 2.47. The number of hydrogen-bond donors (Lipinski definition) is 2. The smallest absolute Gasteiger partial charge is 0.319 e. The largest absolute Gasteiger partial charge is 0.336 e. The van der Waals surface area contributed by atoms with Gasteiger partial charge in [0.15, 0.2) is 0 Å². The van der Waals surface area contributed by atoms with Crippen LogP contribution >= 0.6 is 0 Å². The molecular formula is C16H27N3O. The van der Waals surface area contributed by atoms with Crippen molar-refractivity contribution in [1.82, 2.24) is 10.2 Å². The van der Waals surface area contributed by atoms with E-state index in [1.807, 2.05) is 24.3 Å². The summed E-state index contributed by atoms with van der Waals surface area (Å²) in [6.07, 6.45) is 0.909. The zero-order chi connectivity index (χ0) is 15.0. The third kappa shape index (κ3) is 4.85. The number of aryl methyl sites for hydroxylation is 1. The molecule has 20 heavy (non-hydrogen) atoms. The summed E-state index contributed by atoms with van der Waals surface area (Å²) in [7, 11) is 0. The summed E-state index contributed by atoms with van der Waals surface area (Å²) in [5.74, 6) is 0. The fourth-order valence-corrected chi connectivity index (χ4v) is 2.33. The average molecular weight is 277 g/mol. The maximum Gasteiger partial charge on any atom is 0.319 e. The highest BCUT2D eigenvalue weighted by Crippen LogP contribution is 2.14. The standard InChI is InChI=1S/C16H27N3O/c1-5-14-10-8-9-11-15(14)18-16(20)17-12-13(4)19(6-2)7-3/h8-11,13H,5-7,12H2,1-4H3,(H2,17,18,20)/t13-/m0/s1. The number of anilines is 1. The quantitative estimate of drug-likeness (QED) is 0.804. The van der Waals surface area contributed by atoms with E-state index in [1.54, 1.807) is 0 Å². The molecule has 1 rings (SSSR count). The molecule has 4 nitrogen and oxygen atoms in total. The summed E-state index contributed by atoms with van der Waals surface area (Å²) in [6.45, 7) is 11.1. The van der Waals surface area contributed by atoms with Gasteiger partial charge in [-0.2, -0.15) is 0 Å². The van der Waals surface area contributed by atoms with E-state index in [1.165, 1.54) is 0 Å². The van der Waals surface area contributed by atoms with E-state index in [-0.39, 0.29) is 6.03 Å². The summed E-state index contributed by atoms with van der Waals surface area (Å²) < 4.78 is 0. The first-order chi connectivity index (χ1) is 9.62. The molecule has 1 atom stereocenters. The van der Waals surface area contributed by atoms with E-state index in [9.17, 15) is 4.79 Å². The number of likely N-dealkylation sites (N-methyl/N-ethyl adjacent to an activating group) is 1. The van der Waals surface area contributed by atoms with Crippen LogP contribution in [0.1, 0.15) is 33.3 Å². The second kappa shape index (κ2) is 8.59. The maximum atomic E-state index is 11.9. The number of nitrogens with one attached hydrogen (secondary N) is 2. The number of carbonyl (C=O) groups is 1. The van der Waals surface area contributed by atoms with Crippen molar-refractivity contribution in [2.24, 2.45) is 0 Å². The lowest BCUT2D eigenvalue weighted by Gasteiger charge is -2.26. The van der Waals surface area contributed by atoms with E-state index < -0.39 is 0 Å². The van der Waals surface area contributed by atoms with Gasteiger partial charge in [0.05, 0.1) is 0 Å². The Hall–Kier alpha value is -1.55. The molecular weight excluding hydrogens is 250 g/mol. The van der Waals surface area contributed by atoms with Gasteiger partial charge in [0.25, 0.3) is 0 Å². The molecule has 0 radical (unpaired) electrons. The first kappa shape index (κ1) is 16.5. The van der Waals surface area contributed by atoms with Crippen LogP contribution in [0.25, 0.3) is 0 Å². The van der Waals surface area contributed by atoms with Gasteiger partial charge in [-0.3, -0.25) is 4.90 Å². The van der Waals surface area contributed by atoms with Crippen molar-refractivity contribution in [2.75, 3.05) is 25.0 Å². The predicted octanol–water partition coefficient (Wildman–Crippen LogP) is 3.10. The van der Waals surface area contributed by atoms with Gasteiger partial charge >= 0.3 is 6.03 Å². The number of benzene rings is 1. The van der Waals surface area contributed by atoms with Crippen molar-refractivity contribution in [3.05, 3.63) is 29.8 Å². The van der Waals surface area contributed by atoms with Crippen LogP contribution in [-0.2, 0) is 6.42 Å². The third-order valence-electron chi connectivity index (χ3n) is 3.64. The second-order valence-electron chi connectivity index (χ2n) is 4.92. The molecule has 0 saturated heterocycles. The Morgan fingerprint density at radius 3 is 2.45 bits per heavy atom. The van der Waals surface area contributed by atoms with Crippen LogP contribution in [0.15, 0.2) is 24.3 Å². The van der Waals surface area contributed by atoms with E-state index >= 15 is 0 Å². The summed E-state index contributed by atoms with van der Waals surface area (Å²) in [6, 6.07) is 8.11. The first-order valence-corrected chi connectivity index (χ1v) is 7.49. The number of urea groups is 1. The molecule has 4 heteroatoms. The fraction of sp³-hybridized carbons (Fsp3) is 0.562. The number of amides is 2. The van der Waals surface area contributed by atoms with E-state index in [0.717, 1.165) is 30.8 Å². The van der Waals surface area contributed by atoms with Gasteiger partial charge in [0.2, 0.25) is 0 Å². The Morgan fingerprint density at radius 2 is 1.85 bits per heavy atom. The van der Waals surface area contributed by atoms with Crippen LogP contribution in [-0.4, -0.2) is 36.6 Å². The number of nitrogens with zero attached hydrogens (tertiary/aromatic N) is 1. The minimum atomic E-state index is -0.134. The van der Waals surface area contributed by atoms with Crippen molar-refractivity contribution in [2.45, 2.75) is 40.2 Å². The van der Waals surface area contributed by atoms with Gasteiger partial charge < -0.3 is 10.6 Å². The van der Waals surface area contributed by atoms with Crippen molar-refractivity contribution >= 4 is 11.7 Å². The van der Waals surface area contributed by atoms with Crippen molar-refractivity contribution in [3.63, 3.8) is 0 Å². The van der Waals surface area contributed by atoms with Crippen molar-refractivity contribution < 1.29 is 4.79 Å². The zero-order valence-electron chi connectivity index (χ0n) is 13.1. The Labute approximate surface area is 122 Å². The highest BCUT2D eigenvalue weighted by Gasteiger charge is 2.11. The molecule has 0 unspecified atom stereocenters. The minimum Gasteiger partial charge on any atom is -0.336 e. The molecule has 0 fully saturated rings. The Morgan fingerprint density at radius 1 is 1.20 bits per heavy atom. The molecule has 0 aromatic heterocycles. The van der Waals surface area contributed by atoms with E-state index in [2.05, 4.69) is 43.2 Å². The minimum absolute atomic E-state index is 0.134. The predicted molar refractivity (Wildman–Crippen MR) is 85.2 cm³/mol. The molecule has 112 valence electrons. The highest BCUT2D eigenvalue weighted by molar-refractivity contribution is 5.90. The molecule has 0 spiro atoms. The third-order valence-corrected chi connectivity index (χ3v) is 3.64. The molecule has 2 N–H and O–H groups in total. The summed E-state index contributed by atoms with van der Waals surface area (Å²) in [5, 5.41) is 5.86. The monoisotopic (exact) mass is 277 g/mol. The Bertz CT molecular complexity index is 416. The van der Waals surface area contributed by atoms with Gasteiger partial charge in [0, 0.05) is 18.3 Å². The topological polar surface area (TPSA) is 44.4 Å². The number of hydrogen-bond acceptors (Lipinski definition) is 2. The van der Waals surface area contributed by atoms with Crippen LogP contribution < -0.4 is 10.6 Å². The lowest BCUT2D eigenvalue weighted by atomic mass is 10.1. The summed E-state index contributed by atoms with van der Waals surface area (Å²) in [4.78, 5) is 14.3. The van der Waals surface area contributed by atoms with E-state index in [4.69, 9.17) is 0 Å². The Balaban J connectivity index is 2.48. The van der Waals surface area contributed by atoms with Gasteiger partial charge in [-0.25, -0.2) is 4.79 Å². The highest BCUT2D eigenvalue weighted by atomic mass is 16.2. The first-order valence-electron chi connectivity index (χ1n) is 7.49. The summed E-state index contributed by atoms with van der Waals surface area (Å²) >= 11 is 0. The summed E-state index contributed by atoms with van der Waals surface area (Å²) in [5.41, 5.74) is 2.04. The van der Waals surface area contributed by atoms with Gasteiger partial charge in [-0.05, 0) is 38.1 Å². The normalized spacial score (nSPS) is 12.2. The van der Waals surface area contributed by atoms with Crippen LogP contribution in [0, 0.1) is 0 Å². The van der Waals surface area contributed by atoms with E-state index in [0.29, 0.717) is 12.6 Å². The lowest BCUT2D eigenvalue weighted by molar-refractivity contribution is 0.220. The molecule has 0 bridgehead atoms. The van der Waals surface area contributed by atoms with Gasteiger partial charge in [-0.15, -0.1) is 0 Å². The van der Waals surface area contributed by atoms with Crippen LogP contribution in [0.5, 0.6) is 0 Å². The molecule has 0 aliphatic carbocycles. The molecule has 0 aliphatic rings. The second-order valence-corrected chi connectivity index (χ2v) is 4.92. The molecule has 2 amide bonds. The van der Waals surface area contributed by atoms with Crippen LogP contribution in [0.3, 0.4) is 0 Å². The zero-order valence-corrected chi connectivity index (χ0v) is 13.1. The SMILES string of the molecule is CCc1ccccc1NC(=O)NC[C@H](C)N(CC)CC. The van der Waals surface area contributed by atoms with Crippen LogP contribution in [0.2, 0.25) is 0 Å². The number of rotatable bonds is 7. The lowest BCUT2D eigenvalue weighted by Crippen LogP contribution is -2.43. The Kier molecular flexibility index (Phi) is 7.09. The molecule has 0 heterocycles. The van der Waals surface area contributed by atoms with Gasteiger partial charge in [0.1, 0.15) is 0 Å². The van der Waals surface area contributed by atoms with Crippen molar-refractivity contribution in [3.8, 4) is 0 Å². The van der Waals surface area contributed by atoms with Gasteiger partial charge in [-0.1, -0.05) is 39.0 Å². The van der Waals surface area contributed by atoms with Crippen LogP contribution in [0.4, 0.5) is 10.5 Å². The maximum absolute atomic E-state index is 11.9. The van der Waals surface area contributed by atoms with Crippen molar-refractivity contribution in [1.29, 1.82) is 0 Å². The molecule has 0 aliphatic heterocycles. The number of para-hydroxylation sites is 1. The molecule has 1 aromatic rings. The fourth-order valence-electron chi connectivity index (χ4n) is 2.33.